The highest BCUT2D eigenvalue weighted by atomic mass is 16.4. The Morgan fingerprint density at radius 1 is 1.04 bits per heavy atom. The third-order valence-electron chi connectivity index (χ3n) is 5.53. The zero-order valence-electron chi connectivity index (χ0n) is 14.0. The van der Waals surface area contributed by atoms with E-state index in [9.17, 15) is 4.79 Å². The summed E-state index contributed by atoms with van der Waals surface area (Å²) < 4.78 is 0. The van der Waals surface area contributed by atoms with Crippen LogP contribution in [0.25, 0.3) is 0 Å². The Morgan fingerprint density at radius 2 is 1.57 bits per heavy atom. The number of carbonyl (C=O) groups is 1. The number of nitrogens with one attached hydrogen (secondary N) is 1. The molecule has 3 rings (SSSR count). The molecule has 0 spiro atoms. The fourth-order valence-corrected chi connectivity index (χ4v) is 4.22. The van der Waals surface area contributed by atoms with Crippen molar-refractivity contribution in [2.45, 2.75) is 64.2 Å². The van der Waals surface area contributed by atoms with E-state index in [1.165, 1.54) is 64.2 Å². The molecule has 0 aromatic carbocycles. The quantitative estimate of drug-likeness (QED) is 0.829. The second kappa shape index (κ2) is 7.84. The number of carboxylic acid groups (broad SMARTS) is 1. The molecule has 0 unspecified atom stereocenters. The van der Waals surface area contributed by atoms with Gasteiger partial charge < -0.3 is 10.0 Å². The summed E-state index contributed by atoms with van der Waals surface area (Å²) in [4.78, 5) is 13.5. The van der Waals surface area contributed by atoms with E-state index in [-0.39, 0.29) is 5.69 Å². The van der Waals surface area contributed by atoms with Gasteiger partial charge in [-0.3, -0.25) is 5.10 Å². The minimum atomic E-state index is -0.956. The first kappa shape index (κ1) is 16.3. The predicted octanol–water partition coefficient (Wildman–Crippen LogP) is 4.07. The fourth-order valence-electron chi connectivity index (χ4n) is 4.22. The number of aromatic carboxylic acids is 1. The van der Waals surface area contributed by atoms with Crippen molar-refractivity contribution in [1.82, 2.24) is 10.2 Å². The van der Waals surface area contributed by atoms with Gasteiger partial charge in [-0.25, -0.2) is 4.79 Å². The van der Waals surface area contributed by atoms with E-state index in [1.807, 2.05) is 0 Å². The lowest BCUT2D eigenvalue weighted by atomic mass is 9.87. The highest BCUT2D eigenvalue weighted by molar-refractivity contribution is 5.86. The van der Waals surface area contributed by atoms with E-state index in [1.54, 1.807) is 6.07 Å². The van der Waals surface area contributed by atoms with Crippen LogP contribution in [0.5, 0.6) is 0 Å². The summed E-state index contributed by atoms with van der Waals surface area (Å²) >= 11 is 0. The molecule has 5 heteroatoms. The lowest BCUT2D eigenvalue weighted by molar-refractivity contribution is 0.0690. The van der Waals surface area contributed by atoms with Gasteiger partial charge in [-0.15, -0.1) is 0 Å². The largest absolute Gasteiger partial charge is 0.476 e. The maximum atomic E-state index is 11.1. The van der Waals surface area contributed by atoms with Crippen molar-refractivity contribution >= 4 is 11.8 Å². The van der Waals surface area contributed by atoms with Crippen molar-refractivity contribution in [1.29, 1.82) is 0 Å². The van der Waals surface area contributed by atoms with Crippen molar-refractivity contribution in [3.8, 4) is 0 Å². The smallest absolute Gasteiger partial charge is 0.356 e. The van der Waals surface area contributed by atoms with Gasteiger partial charge in [0.2, 0.25) is 0 Å². The second-order valence-electron chi connectivity index (χ2n) is 7.36. The molecule has 1 aromatic heterocycles. The normalized spacial score (nSPS) is 20.5. The maximum absolute atomic E-state index is 11.1. The molecule has 23 heavy (non-hydrogen) atoms. The van der Waals surface area contributed by atoms with Crippen molar-refractivity contribution in [2.24, 2.45) is 11.8 Å². The van der Waals surface area contributed by atoms with Crippen LogP contribution in [0.3, 0.4) is 0 Å². The van der Waals surface area contributed by atoms with Crippen LogP contribution in [0.4, 0.5) is 5.82 Å². The first-order valence-corrected chi connectivity index (χ1v) is 9.26. The average molecular weight is 319 g/mol. The van der Waals surface area contributed by atoms with Gasteiger partial charge in [-0.1, -0.05) is 38.5 Å². The topological polar surface area (TPSA) is 69.2 Å². The maximum Gasteiger partial charge on any atom is 0.356 e. The molecule has 5 nitrogen and oxygen atoms in total. The number of aromatic amines is 1. The van der Waals surface area contributed by atoms with Crippen molar-refractivity contribution in [3.63, 3.8) is 0 Å². The Morgan fingerprint density at radius 3 is 2.00 bits per heavy atom. The van der Waals surface area contributed by atoms with Crippen molar-refractivity contribution < 1.29 is 9.90 Å². The molecule has 1 heterocycles. The Kier molecular flexibility index (Phi) is 5.57. The molecular weight excluding hydrogens is 290 g/mol. The van der Waals surface area contributed by atoms with E-state index in [4.69, 9.17) is 5.11 Å². The molecule has 0 atom stereocenters. The number of rotatable bonds is 6. The molecule has 0 bridgehead atoms. The van der Waals surface area contributed by atoms with Gasteiger partial charge in [-0.2, -0.15) is 5.10 Å². The third-order valence-corrected chi connectivity index (χ3v) is 5.53. The van der Waals surface area contributed by atoms with Crippen LogP contribution in [0.1, 0.15) is 74.7 Å². The average Bonchev–Trinajstić information content (AvgIpc) is 3.06. The molecule has 2 N–H and O–H groups in total. The summed E-state index contributed by atoms with van der Waals surface area (Å²) in [7, 11) is 0. The molecular formula is C18H29N3O2. The fraction of sp³-hybridized carbons (Fsp3) is 0.778. The summed E-state index contributed by atoms with van der Waals surface area (Å²) in [5.74, 6) is 1.41. The lowest BCUT2D eigenvalue weighted by Crippen LogP contribution is -2.35. The number of H-pyrrole nitrogens is 1. The van der Waals surface area contributed by atoms with E-state index < -0.39 is 5.97 Å². The van der Waals surface area contributed by atoms with Gasteiger partial charge in [0, 0.05) is 19.2 Å². The van der Waals surface area contributed by atoms with Crippen LogP contribution < -0.4 is 4.90 Å². The van der Waals surface area contributed by atoms with Crippen LogP contribution in [-0.2, 0) is 0 Å². The van der Waals surface area contributed by atoms with E-state index in [0.717, 1.165) is 30.7 Å². The Labute approximate surface area is 138 Å². The highest BCUT2D eigenvalue weighted by Gasteiger charge is 2.23. The van der Waals surface area contributed by atoms with Crippen molar-refractivity contribution in [2.75, 3.05) is 18.0 Å². The number of nitrogens with zero attached hydrogens (tertiary/aromatic N) is 2. The van der Waals surface area contributed by atoms with E-state index in [0.29, 0.717) is 0 Å². The van der Waals surface area contributed by atoms with Crippen LogP contribution in [0.15, 0.2) is 6.07 Å². The van der Waals surface area contributed by atoms with Crippen LogP contribution >= 0.6 is 0 Å². The van der Waals surface area contributed by atoms with Crippen LogP contribution in [-0.4, -0.2) is 34.4 Å². The molecule has 2 saturated carbocycles. The summed E-state index contributed by atoms with van der Waals surface area (Å²) in [6.45, 7) is 2.08. The van der Waals surface area contributed by atoms with Gasteiger partial charge in [-0.05, 0) is 37.5 Å². The lowest BCUT2D eigenvalue weighted by Gasteiger charge is -2.34. The van der Waals surface area contributed by atoms with Gasteiger partial charge in [0.15, 0.2) is 5.69 Å². The van der Waals surface area contributed by atoms with E-state index in [2.05, 4.69) is 15.1 Å². The zero-order chi connectivity index (χ0) is 16.1. The molecule has 0 radical (unpaired) electrons. The SMILES string of the molecule is O=C(O)c1cc(N(CC2CCCCC2)CC2CCCCC2)[nH]n1. The molecule has 0 aliphatic heterocycles. The van der Waals surface area contributed by atoms with Crippen LogP contribution in [0, 0.1) is 11.8 Å². The summed E-state index contributed by atoms with van der Waals surface area (Å²) in [5, 5.41) is 16.0. The summed E-state index contributed by atoms with van der Waals surface area (Å²) in [5.41, 5.74) is 0.122. The van der Waals surface area contributed by atoms with Crippen molar-refractivity contribution in [3.05, 3.63) is 11.8 Å². The first-order valence-electron chi connectivity index (χ1n) is 9.26. The molecule has 0 saturated heterocycles. The number of anilines is 1. The minimum absolute atomic E-state index is 0.122. The van der Waals surface area contributed by atoms with E-state index >= 15 is 0 Å². The monoisotopic (exact) mass is 319 g/mol. The van der Waals surface area contributed by atoms with Crippen LogP contribution in [0.2, 0.25) is 0 Å². The number of hydrogen-bond acceptors (Lipinski definition) is 3. The molecule has 0 amide bonds. The number of aromatic nitrogens is 2. The zero-order valence-corrected chi connectivity index (χ0v) is 14.0. The minimum Gasteiger partial charge on any atom is -0.476 e. The third kappa shape index (κ3) is 4.49. The Balaban J connectivity index is 1.69. The van der Waals surface area contributed by atoms with Gasteiger partial charge in [0.1, 0.15) is 5.82 Å². The van der Waals surface area contributed by atoms with Gasteiger partial charge >= 0.3 is 5.97 Å². The molecule has 1 aromatic rings. The van der Waals surface area contributed by atoms with Gasteiger partial charge in [0.05, 0.1) is 0 Å². The summed E-state index contributed by atoms with van der Waals surface area (Å²) in [6, 6.07) is 1.70. The molecule has 2 aliphatic carbocycles. The molecule has 2 fully saturated rings. The van der Waals surface area contributed by atoms with Gasteiger partial charge in [0.25, 0.3) is 0 Å². The Bertz CT molecular complexity index is 482. The Hall–Kier alpha value is -1.52. The molecule has 2 aliphatic rings. The number of carboxylic acids is 1. The number of hydrogen-bond donors (Lipinski definition) is 2. The standard InChI is InChI=1S/C18H29N3O2/c22-18(23)16-11-17(20-19-16)21(12-14-7-3-1-4-8-14)13-15-9-5-2-6-10-15/h11,14-15H,1-10,12-13H2,(H,19,20)(H,22,23). The second-order valence-corrected chi connectivity index (χ2v) is 7.36. The predicted molar refractivity (Wildman–Crippen MR) is 90.9 cm³/mol. The summed E-state index contributed by atoms with van der Waals surface area (Å²) in [6.07, 6.45) is 13.3. The first-order chi connectivity index (χ1) is 11.2. The highest BCUT2D eigenvalue weighted by Crippen LogP contribution is 2.29. The molecule has 128 valence electrons.